The van der Waals surface area contributed by atoms with E-state index in [1.807, 2.05) is 20.0 Å². The van der Waals surface area contributed by atoms with Crippen molar-refractivity contribution in [1.29, 1.82) is 0 Å². The Balaban J connectivity index is 2.18. The maximum atomic E-state index is 12.3. The van der Waals surface area contributed by atoms with Crippen LogP contribution in [0.5, 0.6) is 0 Å². The van der Waals surface area contributed by atoms with E-state index < -0.39 is 0 Å². The van der Waals surface area contributed by atoms with E-state index in [1.54, 1.807) is 28.9 Å². The third kappa shape index (κ3) is 3.43. The molecule has 0 radical (unpaired) electrons. The summed E-state index contributed by atoms with van der Waals surface area (Å²) in [4.78, 5) is 12.3. The van der Waals surface area contributed by atoms with Gasteiger partial charge in [0, 0.05) is 33.1 Å². The van der Waals surface area contributed by atoms with Crippen LogP contribution in [0, 0.1) is 0 Å². The van der Waals surface area contributed by atoms with Gasteiger partial charge in [-0.25, -0.2) is 0 Å². The predicted octanol–water partition coefficient (Wildman–Crippen LogP) is 1.41. The zero-order valence-corrected chi connectivity index (χ0v) is 13.0. The molecule has 0 saturated heterocycles. The molecule has 2 aromatic heterocycles. The first-order valence-corrected chi connectivity index (χ1v) is 6.95. The summed E-state index contributed by atoms with van der Waals surface area (Å²) in [5.74, 6) is -0.338. The SMILES string of the molecule is CCn1cc(Cl)c(C(=O)N[C@H](COC)c2ccnn2C)n1. The van der Waals surface area contributed by atoms with Gasteiger partial charge in [0.25, 0.3) is 5.91 Å². The number of ether oxygens (including phenoxy) is 1. The van der Waals surface area contributed by atoms with Gasteiger partial charge in [0.1, 0.15) is 0 Å². The highest BCUT2D eigenvalue weighted by Crippen LogP contribution is 2.17. The molecule has 2 rings (SSSR count). The summed E-state index contributed by atoms with van der Waals surface area (Å²) >= 11 is 6.04. The maximum absolute atomic E-state index is 12.3. The average molecular weight is 312 g/mol. The van der Waals surface area contributed by atoms with Crippen molar-refractivity contribution in [3.63, 3.8) is 0 Å². The molecule has 7 nitrogen and oxygen atoms in total. The number of carbonyl (C=O) groups excluding carboxylic acids is 1. The highest BCUT2D eigenvalue weighted by Gasteiger charge is 2.22. The Morgan fingerprint density at radius 1 is 1.57 bits per heavy atom. The molecular formula is C13H18ClN5O2. The van der Waals surface area contributed by atoms with Crippen molar-refractivity contribution >= 4 is 17.5 Å². The summed E-state index contributed by atoms with van der Waals surface area (Å²) in [7, 11) is 3.39. The Morgan fingerprint density at radius 3 is 2.86 bits per heavy atom. The van der Waals surface area contributed by atoms with E-state index in [9.17, 15) is 4.79 Å². The lowest BCUT2D eigenvalue weighted by Gasteiger charge is -2.17. The normalized spacial score (nSPS) is 12.4. The first-order chi connectivity index (χ1) is 10.1. The van der Waals surface area contributed by atoms with E-state index in [0.29, 0.717) is 18.2 Å². The fraction of sp³-hybridized carbons (Fsp3) is 0.462. The molecule has 0 unspecified atom stereocenters. The molecular weight excluding hydrogens is 294 g/mol. The van der Waals surface area contributed by atoms with Crippen molar-refractivity contribution in [1.82, 2.24) is 24.9 Å². The molecule has 0 aliphatic carbocycles. The van der Waals surface area contributed by atoms with Crippen LogP contribution in [0.2, 0.25) is 5.02 Å². The minimum atomic E-state index is -0.338. The Labute approximate surface area is 127 Å². The summed E-state index contributed by atoms with van der Waals surface area (Å²) in [6, 6.07) is 1.51. The van der Waals surface area contributed by atoms with Gasteiger partial charge in [-0.15, -0.1) is 0 Å². The number of nitrogens with one attached hydrogen (secondary N) is 1. The molecule has 21 heavy (non-hydrogen) atoms. The lowest BCUT2D eigenvalue weighted by molar-refractivity contribution is 0.0886. The first-order valence-electron chi connectivity index (χ1n) is 6.57. The Bertz CT molecular complexity index is 622. The Hall–Kier alpha value is -1.86. The molecule has 2 heterocycles. The van der Waals surface area contributed by atoms with Gasteiger partial charge >= 0.3 is 0 Å². The van der Waals surface area contributed by atoms with Crippen LogP contribution in [-0.2, 0) is 18.3 Å². The van der Waals surface area contributed by atoms with E-state index in [4.69, 9.17) is 16.3 Å². The zero-order chi connectivity index (χ0) is 15.4. The standard InChI is InChI=1S/C13H18ClN5O2/c1-4-19-7-9(14)12(17-19)13(20)16-10(8-21-3)11-5-6-15-18(11)2/h5-7,10H,4,8H2,1-3H3,(H,16,20)/t10-/m1/s1. The van der Waals surface area contributed by atoms with Crippen LogP contribution in [-0.4, -0.2) is 39.2 Å². The van der Waals surface area contributed by atoms with Crippen molar-refractivity contribution in [2.45, 2.75) is 19.5 Å². The molecule has 2 aromatic rings. The van der Waals surface area contributed by atoms with Crippen LogP contribution in [0.25, 0.3) is 0 Å². The first kappa shape index (κ1) is 15.5. The number of aryl methyl sites for hydroxylation is 2. The van der Waals surface area contributed by atoms with Crippen LogP contribution in [0.1, 0.15) is 29.1 Å². The molecule has 1 atom stereocenters. The van der Waals surface area contributed by atoms with Gasteiger partial charge in [0.2, 0.25) is 0 Å². The highest BCUT2D eigenvalue weighted by atomic mass is 35.5. The lowest BCUT2D eigenvalue weighted by atomic mass is 10.2. The van der Waals surface area contributed by atoms with Gasteiger partial charge in [-0.3, -0.25) is 14.2 Å². The molecule has 0 aromatic carbocycles. The van der Waals surface area contributed by atoms with E-state index >= 15 is 0 Å². The van der Waals surface area contributed by atoms with Crippen molar-refractivity contribution in [3.05, 3.63) is 34.9 Å². The number of hydrogen-bond acceptors (Lipinski definition) is 4. The number of carbonyl (C=O) groups is 1. The molecule has 0 aliphatic heterocycles. The molecule has 0 saturated carbocycles. The molecule has 1 amide bonds. The number of hydrogen-bond donors (Lipinski definition) is 1. The number of nitrogens with zero attached hydrogens (tertiary/aromatic N) is 4. The Kier molecular flexibility index (Phi) is 4.98. The van der Waals surface area contributed by atoms with Crippen molar-refractivity contribution in [2.24, 2.45) is 7.05 Å². The van der Waals surface area contributed by atoms with E-state index in [2.05, 4.69) is 15.5 Å². The lowest BCUT2D eigenvalue weighted by Crippen LogP contribution is -2.33. The molecule has 8 heteroatoms. The molecule has 1 N–H and O–H groups in total. The summed E-state index contributed by atoms with van der Waals surface area (Å²) in [6.45, 7) is 2.90. The van der Waals surface area contributed by atoms with Crippen LogP contribution in [0.4, 0.5) is 0 Å². The van der Waals surface area contributed by atoms with E-state index in [1.165, 1.54) is 0 Å². The molecule has 0 fully saturated rings. The van der Waals surface area contributed by atoms with Crippen molar-refractivity contribution in [2.75, 3.05) is 13.7 Å². The minimum absolute atomic E-state index is 0.210. The fourth-order valence-electron chi connectivity index (χ4n) is 2.03. The van der Waals surface area contributed by atoms with Crippen molar-refractivity contribution in [3.8, 4) is 0 Å². The van der Waals surface area contributed by atoms with Gasteiger partial charge < -0.3 is 10.1 Å². The van der Waals surface area contributed by atoms with Gasteiger partial charge in [0.05, 0.1) is 23.4 Å². The summed E-state index contributed by atoms with van der Waals surface area (Å²) < 4.78 is 8.47. The van der Waals surface area contributed by atoms with Crippen molar-refractivity contribution < 1.29 is 9.53 Å². The minimum Gasteiger partial charge on any atom is -0.382 e. The summed E-state index contributed by atoms with van der Waals surface area (Å²) in [5.41, 5.74) is 1.05. The van der Waals surface area contributed by atoms with E-state index in [-0.39, 0.29) is 17.6 Å². The number of aromatic nitrogens is 4. The quantitative estimate of drug-likeness (QED) is 0.875. The Morgan fingerprint density at radius 2 is 2.33 bits per heavy atom. The molecule has 0 bridgehead atoms. The zero-order valence-electron chi connectivity index (χ0n) is 12.2. The topological polar surface area (TPSA) is 74.0 Å². The number of halogens is 1. The summed E-state index contributed by atoms with van der Waals surface area (Å²) in [6.07, 6.45) is 3.30. The van der Waals surface area contributed by atoms with Crippen LogP contribution >= 0.6 is 11.6 Å². The number of amides is 1. The second-order valence-corrected chi connectivity index (χ2v) is 4.95. The van der Waals surface area contributed by atoms with Gasteiger partial charge in [-0.1, -0.05) is 11.6 Å². The van der Waals surface area contributed by atoms with E-state index in [0.717, 1.165) is 5.69 Å². The van der Waals surface area contributed by atoms with Gasteiger partial charge in [0.15, 0.2) is 5.69 Å². The second kappa shape index (κ2) is 6.73. The smallest absolute Gasteiger partial charge is 0.273 e. The highest BCUT2D eigenvalue weighted by molar-refractivity contribution is 6.33. The van der Waals surface area contributed by atoms with Crippen LogP contribution < -0.4 is 5.32 Å². The molecule has 0 aliphatic rings. The molecule has 0 spiro atoms. The van der Waals surface area contributed by atoms with Crippen LogP contribution in [0.15, 0.2) is 18.5 Å². The predicted molar refractivity (Wildman–Crippen MR) is 78.2 cm³/mol. The number of methoxy groups -OCH3 is 1. The monoisotopic (exact) mass is 311 g/mol. The van der Waals surface area contributed by atoms with Gasteiger partial charge in [-0.2, -0.15) is 10.2 Å². The third-order valence-corrected chi connectivity index (χ3v) is 3.39. The van der Waals surface area contributed by atoms with Crippen LogP contribution in [0.3, 0.4) is 0 Å². The fourth-order valence-corrected chi connectivity index (χ4v) is 2.27. The summed E-state index contributed by atoms with van der Waals surface area (Å²) in [5, 5.41) is 11.5. The second-order valence-electron chi connectivity index (χ2n) is 4.54. The maximum Gasteiger partial charge on any atom is 0.273 e. The average Bonchev–Trinajstić information content (AvgIpc) is 3.04. The largest absolute Gasteiger partial charge is 0.382 e. The van der Waals surface area contributed by atoms with Gasteiger partial charge in [-0.05, 0) is 13.0 Å². The third-order valence-electron chi connectivity index (χ3n) is 3.11. The molecule has 114 valence electrons. The number of rotatable bonds is 6.